The van der Waals surface area contributed by atoms with E-state index in [-0.39, 0.29) is 5.91 Å². The molecule has 0 atom stereocenters. The molecule has 0 saturated heterocycles. The van der Waals surface area contributed by atoms with Crippen LogP contribution in [0.4, 0.5) is 11.4 Å². The maximum Gasteiger partial charge on any atom is 0.226 e. The van der Waals surface area contributed by atoms with E-state index in [4.69, 9.17) is 0 Å². The zero-order chi connectivity index (χ0) is 16.1. The van der Waals surface area contributed by atoms with Gasteiger partial charge in [0.1, 0.15) is 0 Å². The first-order valence-corrected chi connectivity index (χ1v) is 8.11. The highest BCUT2D eigenvalue weighted by Crippen LogP contribution is 2.23. The van der Waals surface area contributed by atoms with Crippen LogP contribution in [0.25, 0.3) is 0 Å². The molecule has 2 rings (SSSR count). The van der Waals surface area contributed by atoms with E-state index in [1.165, 1.54) is 11.1 Å². The van der Waals surface area contributed by atoms with Crippen LogP contribution in [0.5, 0.6) is 0 Å². The minimum absolute atomic E-state index is 0.00132. The first-order chi connectivity index (χ1) is 10.4. The number of benzene rings is 2. The van der Waals surface area contributed by atoms with Crippen molar-refractivity contribution in [2.24, 2.45) is 0 Å². The predicted octanol–water partition coefficient (Wildman–Crippen LogP) is 4.82. The lowest BCUT2D eigenvalue weighted by Crippen LogP contribution is -2.16. The molecule has 2 aromatic rings. The summed E-state index contributed by atoms with van der Waals surface area (Å²) in [6.45, 7) is 6.77. The molecule has 0 aliphatic heterocycles. The van der Waals surface area contributed by atoms with E-state index < -0.39 is 0 Å². The molecule has 3 nitrogen and oxygen atoms in total. The Morgan fingerprint density at radius 3 is 2.32 bits per heavy atom. The van der Waals surface area contributed by atoms with E-state index in [0.717, 1.165) is 21.4 Å². The van der Waals surface area contributed by atoms with E-state index in [9.17, 15) is 4.79 Å². The number of aryl methyl sites for hydroxylation is 3. The summed E-state index contributed by atoms with van der Waals surface area (Å²) in [5, 5.41) is 6.21. The Kier molecular flexibility index (Phi) is 5.61. The summed E-state index contributed by atoms with van der Waals surface area (Å²) >= 11 is 3.47. The average molecular weight is 361 g/mol. The standard InChI is InChI=1S/C18H21BrN2O/c1-12-4-5-17(16(19)11-12)21-18(22)6-7-20-15-9-13(2)8-14(3)10-15/h4-5,8-11,20H,6-7H2,1-3H3,(H,21,22). The van der Waals surface area contributed by atoms with Crippen LogP contribution in [-0.2, 0) is 4.79 Å². The van der Waals surface area contributed by atoms with Gasteiger partial charge < -0.3 is 10.6 Å². The molecule has 0 spiro atoms. The van der Waals surface area contributed by atoms with E-state index >= 15 is 0 Å². The van der Waals surface area contributed by atoms with Crippen LogP contribution in [0, 0.1) is 20.8 Å². The van der Waals surface area contributed by atoms with Gasteiger partial charge in [0.15, 0.2) is 0 Å². The molecule has 0 bridgehead atoms. The maximum atomic E-state index is 12.0. The lowest BCUT2D eigenvalue weighted by atomic mass is 10.1. The monoisotopic (exact) mass is 360 g/mol. The van der Waals surface area contributed by atoms with Gasteiger partial charge in [0.2, 0.25) is 5.91 Å². The minimum Gasteiger partial charge on any atom is -0.385 e. The summed E-state index contributed by atoms with van der Waals surface area (Å²) in [5.41, 5.74) is 5.45. The summed E-state index contributed by atoms with van der Waals surface area (Å²) in [7, 11) is 0. The van der Waals surface area contributed by atoms with Crippen molar-refractivity contribution < 1.29 is 4.79 Å². The Bertz CT molecular complexity index is 663. The molecule has 0 saturated carbocycles. The zero-order valence-electron chi connectivity index (χ0n) is 13.2. The molecule has 116 valence electrons. The van der Waals surface area contributed by atoms with Crippen molar-refractivity contribution in [2.45, 2.75) is 27.2 Å². The van der Waals surface area contributed by atoms with Crippen molar-refractivity contribution in [3.63, 3.8) is 0 Å². The number of carbonyl (C=O) groups is 1. The fourth-order valence-corrected chi connectivity index (χ4v) is 2.92. The summed E-state index contributed by atoms with van der Waals surface area (Å²) in [6.07, 6.45) is 0.424. The normalized spacial score (nSPS) is 10.4. The maximum absolute atomic E-state index is 12.0. The Balaban J connectivity index is 1.85. The molecule has 2 N–H and O–H groups in total. The Labute approximate surface area is 140 Å². The summed E-state index contributed by atoms with van der Waals surface area (Å²) < 4.78 is 0.906. The van der Waals surface area contributed by atoms with Crippen LogP contribution in [0.1, 0.15) is 23.1 Å². The fraction of sp³-hybridized carbons (Fsp3) is 0.278. The smallest absolute Gasteiger partial charge is 0.226 e. The molecule has 0 unspecified atom stereocenters. The number of hydrogen-bond donors (Lipinski definition) is 2. The Morgan fingerprint density at radius 1 is 1.00 bits per heavy atom. The molecule has 0 fully saturated rings. The van der Waals surface area contributed by atoms with Gasteiger partial charge in [-0.2, -0.15) is 0 Å². The van der Waals surface area contributed by atoms with Crippen LogP contribution in [-0.4, -0.2) is 12.5 Å². The number of anilines is 2. The third-order valence-electron chi connectivity index (χ3n) is 3.30. The number of halogens is 1. The third kappa shape index (κ3) is 4.88. The Hall–Kier alpha value is -1.81. The molecule has 0 radical (unpaired) electrons. The van der Waals surface area contributed by atoms with Gasteiger partial charge in [-0.15, -0.1) is 0 Å². The largest absolute Gasteiger partial charge is 0.385 e. The van der Waals surface area contributed by atoms with Crippen LogP contribution >= 0.6 is 15.9 Å². The van der Waals surface area contributed by atoms with Crippen molar-refractivity contribution in [3.05, 3.63) is 57.6 Å². The van der Waals surface area contributed by atoms with Crippen molar-refractivity contribution in [1.82, 2.24) is 0 Å². The average Bonchev–Trinajstić information content (AvgIpc) is 2.41. The van der Waals surface area contributed by atoms with Gasteiger partial charge in [0.05, 0.1) is 5.69 Å². The lowest BCUT2D eigenvalue weighted by Gasteiger charge is -2.10. The van der Waals surface area contributed by atoms with Gasteiger partial charge in [-0.1, -0.05) is 12.1 Å². The zero-order valence-corrected chi connectivity index (χ0v) is 14.8. The second-order valence-corrected chi connectivity index (χ2v) is 6.44. The second-order valence-electron chi connectivity index (χ2n) is 5.58. The number of amides is 1. The molecular weight excluding hydrogens is 340 g/mol. The highest BCUT2D eigenvalue weighted by atomic mass is 79.9. The lowest BCUT2D eigenvalue weighted by molar-refractivity contribution is -0.115. The molecule has 2 aromatic carbocycles. The molecule has 0 aliphatic carbocycles. The van der Waals surface area contributed by atoms with Crippen LogP contribution in [0.2, 0.25) is 0 Å². The summed E-state index contributed by atoms with van der Waals surface area (Å²) in [4.78, 5) is 12.0. The van der Waals surface area contributed by atoms with Crippen molar-refractivity contribution in [1.29, 1.82) is 0 Å². The van der Waals surface area contributed by atoms with E-state index in [2.05, 4.69) is 58.6 Å². The number of rotatable bonds is 5. The molecule has 1 amide bonds. The van der Waals surface area contributed by atoms with Gasteiger partial charge in [-0.05, 0) is 77.7 Å². The van der Waals surface area contributed by atoms with E-state index in [1.807, 2.05) is 25.1 Å². The number of hydrogen-bond acceptors (Lipinski definition) is 2. The number of nitrogens with one attached hydrogen (secondary N) is 2. The van der Waals surface area contributed by atoms with Gasteiger partial charge in [-0.25, -0.2) is 0 Å². The first kappa shape index (κ1) is 16.6. The molecule has 0 aromatic heterocycles. The van der Waals surface area contributed by atoms with Gasteiger partial charge in [0, 0.05) is 23.1 Å². The van der Waals surface area contributed by atoms with Crippen LogP contribution in [0.15, 0.2) is 40.9 Å². The molecular formula is C18H21BrN2O. The van der Waals surface area contributed by atoms with E-state index in [1.54, 1.807) is 0 Å². The second kappa shape index (κ2) is 7.45. The van der Waals surface area contributed by atoms with Gasteiger partial charge >= 0.3 is 0 Å². The highest BCUT2D eigenvalue weighted by molar-refractivity contribution is 9.10. The van der Waals surface area contributed by atoms with Crippen molar-refractivity contribution in [2.75, 3.05) is 17.2 Å². The minimum atomic E-state index is 0.00132. The van der Waals surface area contributed by atoms with Crippen molar-refractivity contribution >= 4 is 33.2 Å². The van der Waals surface area contributed by atoms with Crippen LogP contribution < -0.4 is 10.6 Å². The molecule has 0 heterocycles. The van der Waals surface area contributed by atoms with Crippen LogP contribution in [0.3, 0.4) is 0 Å². The summed E-state index contributed by atoms with van der Waals surface area (Å²) in [5.74, 6) is 0.00132. The van der Waals surface area contributed by atoms with E-state index in [0.29, 0.717) is 13.0 Å². The SMILES string of the molecule is Cc1cc(C)cc(NCCC(=O)Nc2ccc(C)cc2Br)c1. The predicted molar refractivity (Wildman–Crippen MR) is 96.5 cm³/mol. The first-order valence-electron chi connectivity index (χ1n) is 7.32. The Morgan fingerprint density at radius 2 is 1.68 bits per heavy atom. The topological polar surface area (TPSA) is 41.1 Å². The molecule has 22 heavy (non-hydrogen) atoms. The summed E-state index contributed by atoms with van der Waals surface area (Å²) in [6, 6.07) is 12.2. The van der Waals surface area contributed by atoms with Gasteiger partial charge in [-0.3, -0.25) is 4.79 Å². The quantitative estimate of drug-likeness (QED) is 0.802. The molecule has 0 aliphatic rings. The molecule has 4 heteroatoms. The fourth-order valence-electron chi connectivity index (χ4n) is 2.33. The highest BCUT2D eigenvalue weighted by Gasteiger charge is 2.05. The van der Waals surface area contributed by atoms with Gasteiger partial charge in [0.25, 0.3) is 0 Å². The third-order valence-corrected chi connectivity index (χ3v) is 3.96. The van der Waals surface area contributed by atoms with Crippen molar-refractivity contribution in [3.8, 4) is 0 Å². The number of carbonyl (C=O) groups excluding carboxylic acids is 1.